The van der Waals surface area contributed by atoms with Gasteiger partial charge in [-0.25, -0.2) is 0 Å². The Kier molecular flexibility index (Phi) is 4.24. The fourth-order valence-electron chi connectivity index (χ4n) is 2.59. The molecule has 1 saturated carbocycles. The number of carbonyl (C=O) groups excluding carboxylic acids is 1. The van der Waals surface area contributed by atoms with Crippen molar-refractivity contribution >= 4 is 11.6 Å². The van der Waals surface area contributed by atoms with Crippen molar-refractivity contribution in [2.75, 3.05) is 12.3 Å². The normalized spacial score (nSPS) is 16.5. The van der Waals surface area contributed by atoms with E-state index in [1.54, 1.807) is 6.07 Å². The number of carbonyl (C=O) groups is 1. The van der Waals surface area contributed by atoms with Gasteiger partial charge in [-0.05, 0) is 37.8 Å². The lowest BCUT2D eigenvalue weighted by Crippen LogP contribution is -2.30. The highest BCUT2D eigenvalue weighted by atomic mass is 16.1. The smallest absolute Gasteiger partial charge is 0.253 e. The van der Waals surface area contributed by atoms with Crippen molar-refractivity contribution in [3.63, 3.8) is 0 Å². The number of nitrogens with one attached hydrogen (secondary N) is 1. The Morgan fingerprint density at radius 2 is 2.06 bits per heavy atom. The second-order valence-electron chi connectivity index (χ2n) is 5.30. The summed E-state index contributed by atoms with van der Waals surface area (Å²) in [6, 6.07) is 5.57. The summed E-state index contributed by atoms with van der Waals surface area (Å²) in [5, 5.41) is 3.02. The maximum atomic E-state index is 12.1. The monoisotopic (exact) mass is 246 g/mol. The molecule has 1 aliphatic rings. The molecule has 18 heavy (non-hydrogen) atoms. The second kappa shape index (κ2) is 5.89. The lowest BCUT2D eigenvalue weighted by atomic mass is 9.89. The van der Waals surface area contributed by atoms with E-state index in [-0.39, 0.29) is 5.91 Å². The van der Waals surface area contributed by atoms with Crippen LogP contribution in [0.15, 0.2) is 18.2 Å². The van der Waals surface area contributed by atoms with Gasteiger partial charge in [-0.15, -0.1) is 0 Å². The first-order valence-corrected chi connectivity index (χ1v) is 6.81. The van der Waals surface area contributed by atoms with Gasteiger partial charge in [-0.3, -0.25) is 4.79 Å². The first-order chi connectivity index (χ1) is 8.66. The van der Waals surface area contributed by atoms with Gasteiger partial charge in [0.25, 0.3) is 5.91 Å². The number of benzene rings is 1. The van der Waals surface area contributed by atoms with Crippen LogP contribution in [0.2, 0.25) is 0 Å². The first-order valence-electron chi connectivity index (χ1n) is 6.81. The molecular formula is C15H22N2O. The molecule has 98 valence electrons. The maximum Gasteiger partial charge on any atom is 0.253 e. The Hall–Kier alpha value is -1.51. The zero-order valence-corrected chi connectivity index (χ0v) is 11.0. The summed E-state index contributed by atoms with van der Waals surface area (Å²) >= 11 is 0. The summed E-state index contributed by atoms with van der Waals surface area (Å²) in [5.41, 5.74) is 8.06. The molecule has 0 heterocycles. The molecule has 3 nitrogen and oxygen atoms in total. The van der Waals surface area contributed by atoms with E-state index in [1.807, 2.05) is 19.1 Å². The van der Waals surface area contributed by atoms with Crippen LogP contribution in [0.1, 0.15) is 48.0 Å². The summed E-state index contributed by atoms with van der Waals surface area (Å²) < 4.78 is 0. The van der Waals surface area contributed by atoms with Crippen LogP contribution in [0.25, 0.3) is 0 Å². The summed E-state index contributed by atoms with van der Waals surface area (Å²) in [5.74, 6) is 0.607. The molecule has 2 rings (SSSR count). The number of anilines is 1. The molecule has 1 aliphatic carbocycles. The summed E-state index contributed by atoms with van der Waals surface area (Å²) in [6.45, 7) is 2.75. The molecule has 0 atom stereocenters. The molecule has 1 aromatic rings. The minimum atomic E-state index is -0.0400. The van der Waals surface area contributed by atoms with Gasteiger partial charge < -0.3 is 11.1 Å². The maximum absolute atomic E-state index is 12.1. The highest BCUT2D eigenvalue weighted by Gasteiger charge is 2.15. The Labute approximate surface area is 109 Å². The van der Waals surface area contributed by atoms with E-state index in [1.165, 1.54) is 32.1 Å². The van der Waals surface area contributed by atoms with Crippen molar-refractivity contribution in [3.05, 3.63) is 29.3 Å². The summed E-state index contributed by atoms with van der Waals surface area (Å²) in [7, 11) is 0. The van der Waals surface area contributed by atoms with E-state index >= 15 is 0 Å². The van der Waals surface area contributed by atoms with Crippen LogP contribution < -0.4 is 11.1 Å². The zero-order valence-electron chi connectivity index (χ0n) is 11.0. The SMILES string of the molecule is Cc1ccc(N)c(C(=O)NCC2CCCCC2)c1. The van der Waals surface area contributed by atoms with Crippen molar-refractivity contribution in [3.8, 4) is 0 Å². The number of aryl methyl sites for hydroxylation is 1. The average molecular weight is 246 g/mol. The molecule has 0 spiro atoms. The van der Waals surface area contributed by atoms with Gasteiger partial charge in [0.05, 0.1) is 5.56 Å². The van der Waals surface area contributed by atoms with Crippen LogP contribution in [0.5, 0.6) is 0 Å². The van der Waals surface area contributed by atoms with E-state index in [4.69, 9.17) is 5.73 Å². The standard InChI is InChI=1S/C15H22N2O/c1-11-7-8-14(16)13(9-11)15(18)17-10-12-5-3-2-4-6-12/h7-9,12H,2-6,10,16H2,1H3,(H,17,18). The van der Waals surface area contributed by atoms with E-state index in [9.17, 15) is 4.79 Å². The largest absolute Gasteiger partial charge is 0.398 e. The fraction of sp³-hybridized carbons (Fsp3) is 0.533. The van der Waals surface area contributed by atoms with Crippen molar-refractivity contribution in [1.29, 1.82) is 0 Å². The molecule has 3 N–H and O–H groups in total. The second-order valence-corrected chi connectivity index (χ2v) is 5.30. The Morgan fingerprint density at radius 3 is 2.78 bits per heavy atom. The molecule has 1 aromatic carbocycles. The van der Waals surface area contributed by atoms with Gasteiger partial charge in [0.15, 0.2) is 0 Å². The zero-order chi connectivity index (χ0) is 13.0. The molecule has 0 bridgehead atoms. The minimum absolute atomic E-state index is 0.0400. The van der Waals surface area contributed by atoms with E-state index in [0.717, 1.165) is 12.1 Å². The van der Waals surface area contributed by atoms with Crippen molar-refractivity contribution < 1.29 is 4.79 Å². The number of nitrogens with two attached hydrogens (primary N) is 1. The third-order valence-corrected chi connectivity index (χ3v) is 3.73. The van der Waals surface area contributed by atoms with E-state index in [0.29, 0.717) is 17.2 Å². The third kappa shape index (κ3) is 3.25. The lowest BCUT2D eigenvalue weighted by molar-refractivity contribution is 0.0944. The van der Waals surface area contributed by atoms with Gasteiger partial charge >= 0.3 is 0 Å². The predicted molar refractivity (Wildman–Crippen MR) is 74.5 cm³/mol. The third-order valence-electron chi connectivity index (χ3n) is 3.73. The number of nitrogen functional groups attached to an aromatic ring is 1. The van der Waals surface area contributed by atoms with Crippen LogP contribution >= 0.6 is 0 Å². The molecule has 1 amide bonds. The van der Waals surface area contributed by atoms with Gasteiger partial charge in [0, 0.05) is 12.2 Å². The number of hydrogen-bond donors (Lipinski definition) is 2. The van der Waals surface area contributed by atoms with Crippen LogP contribution in [-0.2, 0) is 0 Å². The average Bonchev–Trinajstić information content (AvgIpc) is 2.40. The van der Waals surface area contributed by atoms with Crippen LogP contribution in [0.3, 0.4) is 0 Å². The molecule has 0 unspecified atom stereocenters. The highest BCUT2D eigenvalue weighted by Crippen LogP contribution is 2.23. The molecule has 0 aromatic heterocycles. The molecular weight excluding hydrogens is 224 g/mol. The Morgan fingerprint density at radius 1 is 1.33 bits per heavy atom. The predicted octanol–water partition coefficient (Wildman–Crippen LogP) is 2.89. The number of rotatable bonds is 3. The number of amides is 1. The van der Waals surface area contributed by atoms with E-state index < -0.39 is 0 Å². The van der Waals surface area contributed by atoms with Crippen molar-refractivity contribution in [2.24, 2.45) is 5.92 Å². The summed E-state index contributed by atoms with van der Waals surface area (Å²) in [6.07, 6.45) is 6.42. The first kappa shape index (κ1) is 12.9. The van der Waals surface area contributed by atoms with Crippen molar-refractivity contribution in [1.82, 2.24) is 5.32 Å². The van der Waals surface area contributed by atoms with E-state index in [2.05, 4.69) is 5.32 Å². The molecule has 0 saturated heterocycles. The lowest BCUT2D eigenvalue weighted by Gasteiger charge is -2.21. The minimum Gasteiger partial charge on any atom is -0.398 e. The van der Waals surface area contributed by atoms with Gasteiger partial charge in [0.1, 0.15) is 0 Å². The molecule has 1 fully saturated rings. The Bertz CT molecular complexity index is 423. The van der Waals surface area contributed by atoms with Crippen LogP contribution in [-0.4, -0.2) is 12.5 Å². The van der Waals surface area contributed by atoms with Crippen LogP contribution in [0, 0.1) is 12.8 Å². The van der Waals surface area contributed by atoms with Gasteiger partial charge in [-0.1, -0.05) is 30.9 Å². The van der Waals surface area contributed by atoms with Crippen LogP contribution in [0.4, 0.5) is 5.69 Å². The molecule has 3 heteroatoms. The topological polar surface area (TPSA) is 55.1 Å². The molecule has 0 aliphatic heterocycles. The van der Waals surface area contributed by atoms with Gasteiger partial charge in [0.2, 0.25) is 0 Å². The highest BCUT2D eigenvalue weighted by molar-refractivity contribution is 5.99. The van der Waals surface area contributed by atoms with Crippen molar-refractivity contribution in [2.45, 2.75) is 39.0 Å². The number of hydrogen-bond acceptors (Lipinski definition) is 2. The quantitative estimate of drug-likeness (QED) is 0.806. The Balaban J connectivity index is 1.92. The summed E-state index contributed by atoms with van der Waals surface area (Å²) in [4.78, 5) is 12.1. The van der Waals surface area contributed by atoms with Gasteiger partial charge in [-0.2, -0.15) is 0 Å². The fourth-order valence-corrected chi connectivity index (χ4v) is 2.59. The molecule has 0 radical (unpaired) electrons.